The van der Waals surface area contributed by atoms with Crippen molar-refractivity contribution in [1.82, 2.24) is 0 Å². The maximum Gasteiger partial charge on any atom is -0.0241 e. The molecule has 1 atom stereocenters. The van der Waals surface area contributed by atoms with Crippen LogP contribution < -0.4 is 0 Å². The van der Waals surface area contributed by atoms with E-state index in [0.717, 1.165) is 17.8 Å². The van der Waals surface area contributed by atoms with Crippen molar-refractivity contribution in [3.63, 3.8) is 0 Å². The Hall–Kier alpha value is -1.04. The molecule has 0 aromatic heterocycles. The van der Waals surface area contributed by atoms with Crippen LogP contribution in [0.1, 0.15) is 121 Å². The summed E-state index contributed by atoms with van der Waals surface area (Å²) >= 11 is 0. The van der Waals surface area contributed by atoms with E-state index in [4.69, 9.17) is 0 Å². The molecule has 0 spiro atoms. The summed E-state index contributed by atoms with van der Waals surface area (Å²) < 4.78 is 0. The molecule has 0 bridgehead atoms. The summed E-state index contributed by atoms with van der Waals surface area (Å²) in [5.41, 5.74) is 4.74. The van der Waals surface area contributed by atoms with Gasteiger partial charge in [0.15, 0.2) is 0 Å². The quantitative estimate of drug-likeness (QED) is 0.238. The zero-order chi connectivity index (χ0) is 21.0. The van der Waals surface area contributed by atoms with Crippen LogP contribution in [-0.4, -0.2) is 0 Å². The lowest BCUT2D eigenvalue weighted by Gasteiger charge is -2.30. The van der Waals surface area contributed by atoms with E-state index in [-0.39, 0.29) is 0 Å². The molecule has 0 heteroatoms. The molecule has 2 aliphatic rings. The molecule has 0 radical (unpaired) electrons. The third-order valence-corrected chi connectivity index (χ3v) is 8.08. The van der Waals surface area contributed by atoms with E-state index < -0.39 is 0 Å². The van der Waals surface area contributed by atoms with Crippen molar-refractivity contribution >= 4 is 0 Å². The molecule has 3 rings (SSSR count). The fourth-order valence-electron chi connectivity index (χ4n) is 5.86. The van der Waals surface area contributed by atoms with E-state index >= 15 is 0 Å². The zero-order valence-electron chi connectivity index (χ0n) is 20.1. The van der Waals surface area contributed by atoms with Gasteiger partial charge in [-0.15, -0.1) is 0 Å². The normalized spacial score (nSPS) is 24.6. The number of hydrogen-bond donors (Lipinski definition) is 0. The summed E-state index contributed by atoms with van der Waals surface area (Å²) in [6.07, 6.45) is 26.7. The van der Waals surface area contributed by atoms with Gasteiger partial charge in [0, 0.05) is 0 Å². The Morgan fingerprint density at radius 1 is 0.633 bits per heavy atom. The molecule has 1 aromatic rings. The highest BCUT2D eigenvalue weighted by Gasteiger charge is 2.22. The topological polar surface area (TPSA) is 0 Å². The zero-order valence-corrected chi connectivity index (χ0v) is 20.1. The average Bonchev–Trinajstić information content (AvgIpc) is 2.79. The minimum atomic E-state index is 0.976. The second kappa shape index (κ2) is 13.4. The van der Waals surface area contributed by atoms with Crippen molar-refractivity contribution in [2.45, 2.75) is 123 Å². The smallest absolute Gasteiger partial charge is 0.0241 e. The van der Waals surface area contributed by atoms with Crippen molar-refractivity contribution in [2.24, 2.45) is 17.8 Å². The van der Waals surface area contributed by atoms with Gasteiger partial charge in [0.25, 0.3) is 0 Å². The molecule has 0 heterocycles. The predicted octanol–water partition coefficient (Wildman–Crippen LogP) is 9.47. The number of aryl methyl sites for hydroxylation is 2. The van der Waals surface area contributed by atoms with E-state index in [1.54, 1.807) is 5.57 Å². The number of hydrogen-bond acceptors (Lipinski definition) is 0. The van der Waals surface area contributed by atoms with Gasteiger partial charge >= 0.3 is 0 Å². The molecule has 0 N–H and O–H groups in total. The summed E-state index contributed by atoms with van der Waals surface area (Å²) in [6.45, 7) is 4.59. The predicted molar refractivity (Wildman–Crippen MR) is 133 cm³/mol. The minimum absolute atomic E-state index is 0.976. The largest absolute Gasteiger partial charge is 0.0850 e. The van der Waals surface area contributed by atoms with Crippen molar-refractivity contribution in [2.75, 3.05) is 0 Å². The Balaban J connectivity index is 1.28. The van der Waals surface area contributed by atoms with E-state index in [9.17, 15) is 0 Å². The number of benzene rings is 1. The highest BCUT2D eigenvalue weighted by atomic mass is 14.3. The van der Waals surface area contributed by atoms with Gasteiger partial charge in [0.05, 0.1) is 0 Å². The third-order valence-electron chi connectivity index (χ3n) is 8.08. The van der Waals surface area contributed by atoms with Crippen LogP contribution in [0.4, 0.5) is 0 Å². The first kappa shape index (κ1) is 23.6. The first-order chi connectivity index (χ1) is 14.8. The molecule has 0 saturated heterocycles. The van der Waals surface area contributed by atoms with Crippen LogP contribution in [0, 0.1) is 17.8 Å². The third kappa shape index (κ3) is 8.24. The maximum atomic E-state index is 2.62. The SMILES string of the molecule is CCCCCC1CCC(CCC2CC=C(CCc3ccc(CCC)cc3)CC2)CC1. The van der Waals surface area contributed by atoms with Crippen LogP contribution in [0.2, 0.25) is 0 Å². The molecule has 0 aliphatic heterocycles. The first-order valence-corrected chi connectivity index (χ1v) is 13.5. The Bertz CT molecular complexity index is 599. The van der Waals surface area contributed by atoms with Gasteiger partial charge in [-0.05, 0) is 73.8 Å². The van der Waals surface area contributed by atoms with E-state index in [0.29, 0.717) is 0 Å². The average molecular weight is 409 g/mol. The monoisotopic (exact) mass is 408 g/mol. The number of unbranched alkanes of at least 4 members (excludes halogenated alkanes) is 2. The fourth-order valence-corrected chi connectivity index (χ4v) is 5.86. The van der Waals surface area contributed by atoms with Gasteiger partial charge in [-0.1, -0.05) is 114 Å². The van der Waals surface area contributed by atoms with Crippen LogP contribution in [0.15, 0.2) is 35.9 Å². The van der Waals surface area contributed by atoms with E-state index in [2.05, 4.69) is 44.2 Å². The Labute approximate surface area is 187 Å². The number of rotatable bonds is 12. The second-order valence-corrected chi connectivity index (χ2v) is 10.5. The molecule has 1 saturated carbocycles. The summed E-state index contributed by atoms with van der Waals surface area (Å²) in [7, 11) is 0. The van der Waals surface area contributed by atoms with Gasteiger partial charge in [0.2, 0.25) is 0 Å². The maximum absolute atomic E-state index is 2.62. The van der Waals surface area contributed by atoms with E-state index in [1.807, 2.05) is 0 Å². The van der Waals surface area contributed by atoms with Gasteiger partial charge in [-0.25, -0.2) is 0 Å². The summed E-state index contributed by atoms with van der Waals surface area (Å²) in [5.74, 6) is 3.09. The summed E-state index contributed by atoms with van der Waals surface area (Å²) in [5, 5.41) is 0. The van der Waals surface area contributed by atoms with Crippen molar-refractivity contribution < 1.29 is 0 Å². The second-order valence-electron chi connectivity index (χ2n) is 10.5. The number of allylic oxidation sites excluding steroid dienone is 2. The molecule has 30 heavy (non-hydrogen) atoms. The van der Waals surface area contributed by atoms with Crippen LogP contribution in [0.3, 0.4) is 0 Å². The van der Waals surface area contributed by atoms with Crippen LogP contribution in [0.25, 0.3) is 0 Å². The van der Waals surface area contributed by atoms with Crippen molar-refractivity contribution in [1.29, 1.82) is 0 Å². The summed E-state index contributed by atoms with van der Waals surface area (Å²) in [4.78, 5) is 0. The molecule has 1 fully saturated rings. The molecule has 168 valence electrons. The lowest BCUT2D eigenvalue weighted by Crippen LogP contribution is -2.16. The van der Waals surface area contributed by atoms with Gasteiger partial charge < -0.3 is 0 Å². The van der Waals surface area contributed by atoms with Gasteiger partial charge in [-0.3, -0.25) is 0 Å². The molecule has 0 amide bonds. The highest BCUT2D eigenvalue weighted by Crippen LogP contribution is 2.37. The van der Waals surface area contributed by atoms with Gasteiger partial charge in [-0.2, -0.15) is 0 Å². The Kier molecular flexibility index (Phi) is 10.5. The Morgan fingerprint density at radius 2 is 1.27 bits per heavy atom. The lowest BCUT2D eigenvalue weighted by atomic mass is 9.76. The molecule has 1 unspecified atom stereocenters. The van der Waals surface area contributed by atoms with Crippen LogP contribution in [-0.2, 0) is 12.8 Å². The van der Waals surface area contributed by atoms with Crippen molar-refractivity contribution in [3.05, 3.63) is 47.0 Å². The molecule has 1 aromatic carbocycles. The summed E-state index contributed by atoms with van der Waals surface area (Å²) in [6, 6.07) is 9.39. The van der Waals surface area contributed by atoms with Gasteiger partial charge in [0.1, 0.15) is 0 Å². The van der Waals surface area contributed by atoms with E-state index in [1.165, 1.54) is 120 Å². The molecular weight excluding hydrogens is 360 g/mol. The molecular formula is C30H48. The Morgan fingerprint density at radius 3 is 1.87 bits per heavy atom. The van der Waals surface area contributed by atoms with Crippen LogP contribution in [0.5, 0.6) is 0 Å². The standard InChI is InChI=1S/C30H48/c1-3-5-6-8-26-11-15-28(16-12-26)18-20-30-23-21-29(22-24-30)19-17-27-13-9-25(7-4-2)10-14-27/h9-10,13-14,21,26,28,30H,3-8,11-12,15-20,22-24H2,1-2H3. The fraction of sp³-hybridized carbons (Fsp3) is 0.733. The first-order valence-electron chi connectivity index (χ1n) is 13.5. The molecule has 2 aliphatic carbocycles. The molecule has 0 nitrogen and oxygen atoms in total. The minimum Gasteiger partial charge on any atom is -0.0850 e. The van der Waals surface area contributed by atoms with Crippen molar-refractivity contribution in [3.8, 4) is 0 Å². The van der Waals surface area contributed by atoms with Crippen LogP contribution >= 0.6 is 0 Å². The highest BCUT2D eigenvalue weighted by molar-refractivity contribution is 5.23. The lowest BCUT2D eigenvalue weighted by molar-refractivity contribution is 0.234.